The summed E-state index contributed by atoms with van der Waals surface area (Å²) in [6.45, 7) is 4.25. The molecule has 41 heavy (non-hydrogen) atoms. The van der Waals surface area contributed by atoms with Crippen molar-refractivity contribution in [1.29, 1.82) is 0 Å². The van der Waals surface area contributed by atoms with Crippen LogP contribution in [-0.2, 0) is 30.0 Å². The van der Waals surface area contributed by atoms with Gasteiger partial charge in [-0.05, 0) is 49.9 Å². The zero-order valence-electron chi connectivity index (χ0n) is 22.9. The number of halogens is 1. The van der Waals surface area contributed by atoms with Crippen LogP contribution >= 0.6 is 22.9 Å². The predicted molar refractivity (Wildman–Crippen MR) is 160 cm³/mol. The number of sulfonamides is 1. The lowest BCUT2D eigenvalue weighted by atomic mass is 10.1. The molecule has 0 spiro atoms. The largest absolute Gasteiger partial charge is 0.479 e. The van der Waals surface area contributed by atoms with Crippen LogP contribution in [0.15, 0.2) is 54.6 Å². The van der Waals surface area contributed by atoms with Gasteiger partial charge in [0.15, 0.2) is 17.2 Å². The van der Waals surface area contributed by atoms with Gasteiger partial charge in [0, 0.05) is 24.8 Å². The molecule has 2 aromatic carbocycles. The summed E-state index contributed by atoms with van der Waals surface area (Å²) in [4.78, 5) is 25.3. The highest BCUT2D eigenvalue weighted by Gasteiger charge is 2.29. The van der Waals surface area contributed by atoms with Crippen molar-refractivity contribution < 1.29 is 32.2 Å². The highest BCUT2D eigenvalue weighted by Crippen LogP contribution is 2.46. The minimum absolute atomic E-state index is 0.00513. The lowest BCUT2D eigenvalue weighted by Crippen LogP contribution is -2.42. The summed E-state index contributed by atoms with van der Waals surface area (Å²) in [5.41, 5.74) is 2.37. The number of thiophene rings is 1. The number of hydrogen-bond donors (Lipinski definition) is 1. The van der Waals surface area contributed by atoms with Crippen LogP contribution in [0.5, 0.6) is 5.75 Å². The summed E-state index contributed by atoms with van der Waals surface area (Å²) >= 11 is 7.80. The third-order valence-electron chi connectivity index (χ3n) is 6.44. The van der Waals surface area contributed by atoms with Crippen LogP contribution in [0.2, 0.25) is 5.02 Å². The molecular weight excluding hydrogens is 588 g/mol. The van der Waals surface area contributed by atoms with E-state index < -0.39 is 28.6 Å². The lowest BCUT2D eigenvalue weighted by molar-refractivity contribution is -0.145. The van der Waals surface area contributed by atoms with Crippen molar-refractivity contribution in [3.8, 4) is 16.2 Å². The van der Waals surface area contributed by atoms with Crippen molar-refractivity contribution in [2.24, 2.45) is 0 Å². The quantitative estimate of drug-likeness (QED) is 0.261. The number of nitrogens with one attached hydrogen (secondary N) is 1. The number of piperidine rings is 1. The molecule has 0 radical (unpaired) electrons. The normalized spacial score (nSPS) is 14.4. The highest BCUT2D eigenvalue weighted by molar-refractivity contribution is 7.88. The van der Waals surface area contributed by atoms with Gasteiger partial charge in [-0.25, -0.2) is 22.3 Å². The number of carbonyl (C=O) groups is 2. The molecule has 220 valence electrons. The van der Waals surface area contributed by atoms with E-state index in [9.17, 15) is 18.0 Å². The number of esters is 2. The first-order valence-electron chi connectivity index (χ1n) is 13.4. The first-order chi connectivity index (χ1) is 19.7. The summed E-state index contributed by atoms with van der Waals surface area (Å²) in [5, 5.41) is 3.71. The van der Waals surface area contributed by atoms with Gasteiger partial charge in [-0.2, -0.15) is 0 Å². The van der Waals surface area contributed by atoms with Crippen LogP contribution in [0.25, 0.3) is 10.4 Å². The molecular formula is C29H33ClN2O7S2. The Balaban J connectivity index is 1.45. The molecule has 1 saturated heterocycles. The molecule has 0 amide bonds. The van der Waals surface area contributed by atoms with Gasteiger partial charge in [-0.3, -0.25) is 0 Å². The zero-order chi connectivity index (χ0) is 29.4. The Bertz CT molecular complexity index is 1450. The van der Waals surface area contributed by atoms with Gasteiger partial charge < -0.3 is 19.5 Å². The van der Waals surface area contributed by atoms with E-state index in [0.29, 0.717) is 30.8 Å². The van der Waals surface area contributed by atoms with E-state index in [2.05, 4.69) is 5.32 Å². The molecule has 1 N–H and O–H groups in total. The van der Waals surface area contributed by atoms with Crippen molar-refractivity contribution in [2.75, 3.05) is 38.2 Å². The second-order valence-electron chi connectivity index (χ2n) is 9.36. The number of carbonyl (C=O) groups excluding carboxylic acids is 2. The second kappa shape index (κ2) is 14.2. The molecule has 12 heteroatoms. The van der Waals surface area contributed by atoms with Gasteiger partial charge in [-0.1, -0.05) is 54.1 Å². The molecule has 0 unspecified atom stereocenters. The molecule has 3 aromatic rings. The van der Waals surface area contributed by atoms with Crippen LogP contribution in [-0.4, -0.2) is 63.6 Å². The maximum atomic E-state index is 12.9. The fraction of sp³-hybridized carbons (Fsp3) is 0.379. The maximum Gasteiger partial charge on any atom is 0.352 e. The molecule has 0 atom stereocenters. The first kappa shape index (κ1) is 30.8. The summed E-state index contributed by atoms with van der Waals surface area (Å²) in [6, 6.07) is 16.9. The third kappa shape index (κ3) is 8.00. The minimum atomic E-state index is -3.39. The topological polar surface area (TPSA) is 111 Å². The van der Waals surface area contributed by atoms with Crippen molar-refractivity contribution in [3.63, 3.8) is 0 Å². The molecule has 4 rings (SSSR count). The molecule has 0 saturated carbocycles. The standard InChI is InChI=1S/C29H33ClN2O7S2/c1-3-37-24(33)18-39-26-25(30)27(40-28(26)29(34)38-4-2)21-11-8-12-23(17-21)31-22-13-15-32(16-14-22)41(35,36)19-20-9-6-5-7-10-20/h5-12,17,22,31H,3-4,13-16,18-19H2,1-2H3. The third-order valence-corrected chi connectivity index (χ3v) is 9.97. The van der Waals surface area contributed by atoms with Gasteiger partial charge in [0.2, 0.25) is 10.0 Å². The number of hydrogen-bond acceptors (Lipinski definition) is 9. The number of rotatable bonds is 12. The Labute approximate surface area is 249 Å². The van der Waals surface area contributed by atoms with Crippen molar-refractivity contribution in [1.82, 2.24) is 4.31 Å². The molecule has 2 heterocycles. The molecule has 1 aliphatic rings. The fourth-order valence-corrected chi connectivity index (χ4v) is 7.54. The minimum Gasteiger partial charge on any atom is -0.479 e. The van der Waals surface area contributed by atoms with Crippen molar-refractivity contribution >= 4 is 50.6 Å². The van der Waals surface area contributed by atoms with Crippen LogP contribution in [0.3, 0.4) is 0 Å². The maximum absolute atomic E-state index is 12.9. The lowest BCUT2D eigenvalue weighted by Gasteiger charge is -2.32. The van der Waals surface area contributed by atoms with Gasteiger partial charge in [0.1, 0.15) is 5.02 Å². The molecule has 1 aliphatic heterocycles. The van der Waals surface area contributed by atoms with E-state index in [0.717, 1.165) is 28.2 Å². The van der Waals surface area contributed by atoms with Crippen LogP contribution in [0.1, 0.15) is 41.9 Å². The SMILES string of the molecule is CCOC(=O)COc1c(C(=O)OCC)sc(-c2cccc(NC3CCN(S(=O)(=O)Cc4ccccc4)CC3)c2)c1Cl. The molecule has 0 aliphatic carbocycles. The highest BCUT2D eigenvalue weighted by atomic mass is 35.5. The Morgan fingerprint density at radius 3 is 2.41 bits per heavy atom. The Kier molecular flexibility index (Phi) is 10.7. The average molecular weight is 621 g/mol. The number of benzene rings is 2. The molecule has 1 aromatic heterocycles. The molecule has 1 fully saturated rings. The molecule has 9 nitrogen and oxygen atoms in total. The summed E-state index contributed by atoms with van der Waals surface area (Å²) in [5.74, 6) is -1.08. The molecule has 0 bridgehead atoms. The van der Waals surface area contributed by atoms with E-state index in [4.69, 9.17) is 25.8 Å². The number of anilines is 1. The van der Waals surface area contributed by atoms with E-state index >= 15 is 0 Å². The van der Waals surface area contributed by atoms with E-state index in [1.54, 1.807) is 18.2 Å². The van der Waals surface area contributed by atoms with E-state index in [1.165, 1.54) is 0 Å². The van der Waals surface area contributed by atoms with Crippen molar-refractivity contribution in [3.05, 3.63) is 70.1 Å². The van der Waals surface area contributed by atoms with Gasteiger partial charge in [0.05, 0.1) is 23.8 Å². The second-order valence-corrected chi connectivity index (χ2v) is 12.7. The van der Waals surface area contributed by atoms with Crippen LogP contribution in [0.4, 0.5) is 5.69 Å². The van der Waals surface area contributed by atoms with E-state index in [-0.39, 0.29) is 40.7 Å². The monoisotopic (exact) mass is 620 g/mol. The van der Waals surface area contributed by atoms with Crippen LogP contribution in [0, 0.1) is 0 Å². The van der Waals surface area contributed by atoms with Gasteiger partial charge >= 0.3 is 11.9 Å². The zero-order valence-corrected chi connectivity index (χ0v) is 25.3. The average Bonchev–Trinajstić information content (AvgIpc) is 3.29. The number of nitrogens with zero attached hydrogens (tertiary/aromatic N) is 1. The van der Waals surface area contributed by atoms with Crippen molar-refractivity contribution in [2.45, 2.75) is 38.5 Å². The summed E-state index contributed by atoms with van der Waals surface area (Å²) < 4.78 is 43.1. The van der Waals surface area contributed by atoms with Gasteiger partial charge in [0.25, 0.3) is 0 Å². The smallest absolute Gasteiger partial charge is 0.352 e. The number of ether oxygens (including phenoxy) is 3. The fourth-order valence-electron chi connectivity index (χ4n) is 4.52. The van der Waals surface area contributed by atoms with E-state index in [1.807, 2.05) is 54.6 Å². The Morgan fingerprint density at radius 2 is 1.73 bits per heavy atom. The first-order valence-corrected chi connectivity index (χ1v) is 16.2. The summed E-state index contributed by atoms with van der Waals surface area (Å²) in [6.07, 6.45) is 1.33. The Hall–Kier alpha value is -3.12. The van der Waals surface area contributed by atoms with Crippen LogP contribution < -0.4 is 10.1 Å². The Morgan fingerprint density at radius 1 is 1.02 bits per heavy atom. The summed E-state index contributed by atoms with van der Waals surface area (Å²) in [7, 11) is -3.39. The van der Waals surface area contributed by atoms with Gasteiger partial charge in [-0.15, -0.1) is 11.3 Å². The predicted octanol–water partition coefficient (Wildman–Crippen LogP) is 5.59.